The highest BCUT2D eigenvalue weighted by molar-refractivity contribution is 5.66. The van der Waals surface area contributed by atoms with Crippen molar-refractivity contribution in [3.63, 3.8) is 0 Å². The number of hydrogen-bond acceptors (Lipinski definition) is 6. The molecule has 1 N–H and O–H groups in total. The fraction of sp³-hybridized carbons (Fsp3) is 0.182. The van der Waals surface area contributed by atoms with Crippen molar-refractivity contribution in [2.24, 2.45) is 0 Å². The fourth-order valence-electron chi connectivity index (χ4n) is 3.26. The van der Waals surface area contributed by atoms with E-state index in [1.54, 1.807) is 44.2 Å². The molecule has 4 aromatic rings. The fourth-order valence-corrected chi connectivity index (χ4v) is 3.26. The molecule has 0 aliphatic heterocycles. The maximum atomic E-state index is 13.7. The van der Waals surface area contributed by atoms with Crippen LogP contribution in [0, 0.1) is 5.82 Å². The molecule has 0 radical (unpaired) electrons. The van der Waals surface area contributed by atoms with Crippen molar-refractivity contribution in [1.82, 2.24) is 14.6 Å². The summed E-state index contributed by atoms with van der Waals surface area (Å²) >= 11 is 0. The van der Waals surface area contributed by atoms with Crippen LogP contribution in [0.3, 0.4) is 0 Å². The lowest BCUT2D eigenvalue weighted by Gasteiger charge is -2.15. The van der Waals surface area contributed by atoms with Gasteiger partial charge >= 0.3 is 0 Å². The van der Waals surface area contributed by atoms with E-state index in [1.807, 2.05) is 24.3 Å². The molecule has 4 rings (SSSR count). The van der Waals surface area contributed by atoms with Crippen LogP contribution >= 0.6 is 0 Å². The number of rotatable bonds is 7. The Hall–Kier alpha value is -3.81. The predicted octanol–water partition coefficient (Wildman–Crippen LogP) is 4.17. The number of halogens is 1. The quantitative estimate of drug-likeness (QED) is 0.495. The predicted molar refractivity (Wildman–Crippen MR) is 112 cm³/mol. The van der Waals surface area contributed by atoms with Crippen LogP contribution in [0.25, 0.3) is 16.9 Å². The zero-order valence-corrected chi connectivity index (χ0v) is 16.8. The molecule has 0 atom stereocenters. The number of methoxy groups -OCH3 is 3. The second-order valence-electron chi connectivity index (χ2n) is 6.53. The van der Waals surface area contributed by atoms with Crippen LogP contribution in [0.5, 0.6) is 17.2 Å². The highest BCUT2D eigenvalue weighted by atomic mass is 19.1. The minimum atomic E-state index is -0.311. The van der Waals surface area contributed by atoms with Crippen molar-refractivity contribution in [2.45, 2.75) is 6.54 Å². The molecule has 0 unspecified atom stereocenters. The van der Waals surface area contributed by atoms with E-state index in [-0.39, 0.29) is 5.82 Å². The molecule has 154 valence electrons. The van der Waals surface area contributed by atoms with Crippen LogP contribution in [0.2, 0.25) is 0 Å². The molecule has 0 aliphatic carbocycles. The first kappa shape index (κ1) is 19.5. The van der Waals surface area contributed by atoms with Crippen molar-refractivity contribution >= 4 is 11.5 Å². The van der Waals surface area contributed by atoms with E-state index >= 15 is 0 Å². The Bertz CT molecular complexity index is 1170. The summed E-state index contributed by atoms with van der Waals surface area (Å²) in [6, 6.07) is 13.7. The van der Waals surface area contributed by atoms with E-state index < -0.39 is 0 Å². The highest BCUT2D eigenvalue weighted by Crippen LogP contribution is 2.38. The van der Waals surface area contributed by atoms with Crippen LogP contribution in [0.15, 0.2) is 54.7 Å². The number of benzene rings is 2. The van der Waals surface area contributed by atoms with Gasteiger partial charge in [0.15, 0.2) is 17.1 Å². The van der Waals surface area contributed by atoms with Crippen molar-refractivity contribution < 1.29 is 18.6 Å². The van der Waals surface area contributed by atoms with E-state index in [1.165, 1.54) is 12.1 Å². The third kappa shape index (κ3) is 3.71. The molecule has 8 heteroatoms. The van der Waals surface area contributed by atoms with Crippen LogP contribution in [-0.4, -0.2) is 35.9 Å². The van der Waals surface area contributed by atoms with Gasteiger partial charge in [0.1, 0.15) is 11.6 Å². The van der Waals surface area contributed by atoms with Crippen LogP contribution < -0.4 is 19.5 Å². The second kappa shape index (κ2) is 8.28. The molecule has 2 aromatic heterocycles. The first-order valence-corrected chi connectivity index (χ1v) is 9.26. The van der Waals surface area contributed by atoms with E-state index in [9.17, 15) is 4.39 Å². The lowest BCUT2D eigenvalue weighted by molar-refractivity contribution is 0.324. The van der Waals surface area contributed by atoms with Crippen LogP contribution in [0.1, 0.15) is 5.56 Å². The van der Waals surface area contributed by atoms with Crippen molar-refractivity contribution in [2.75, 3.05) is 26.6 Å². The molecule has 0 amide bonds. The maximum Gasteiger partial charge on any atom is 0.203 e. The van der Waals surface area contributed by atoms with Gasteiger partial charge in [-0.05, 0) is 29.8 Å². The summed E-state index contributed by atoms with van der Waals surface area (Å²) in [5, 5.41) is 7.70. The molecule has 0 bridgehead atoms. The topological polar surface area (TPSA) is 69.9 Å². The average Bonchev–Trinajstić information content (AvgIpc) is 3.25. The van der Waals surface area contributed by atoms with E-state index in [4.69, 9.17) is 14.2 Å². The molecule has 7 nitrogen and oxygen atoms in total. The summed E-state index contributed by atoms with van der Waals surface area (Å²) in [6.07, 6.45) is 1.67. The summed E-state index contributed by atoms with van der Waals surface area (Å²) in [6.45, 7) is 0.471. The zero-order chi connectivity index (χ0) is 21.1. The summed E-state index contributed by atoms with van der Waals surface area (Å²) in [5.74, 6) is 2.10. The normalized spacial score (nSPS) is 10.8. The summed E-state index contributed by atoms with van der Waals surface area (Å²) in [5.41, 5.74) is 2.92. The number of hydrogen-bond donors (Lipinski definition) is 1. The SMILES string of the molecule is COc1cc(CNc2cc(-c3cccc(F)c3)nc3ccnn23)cc(OC)c1OC. The molecular weight excluding hydrogens is 387 g/mol. The summed E-state index contributed by atoms with van der Waals surface area (Å²) in [7, 11) is 4.73. The molecule has 0 spiro atoms. The van der Waals surface area contributed by atoms with Gasteiger partial charge in [0.2, 0.25) is 5.75 Å². The number of ether oxygens (including phenoxy) is 3. The first-order valence-electron chi connectivity index (χ1n) is 9.26. The standard InChI is InChI=1S/C22H21FN4O3/c1-28-18-9-14(10-19(29-2)22(18)30-3)13-24-21-12-17(15-5-4-6-16(23)11-15)26-20-7-8-25-27(20)21/h4-12,24H,13H2,1-3H3. The average molecular weight is 408 g/mol. The van der Waals surface area contributed by atoms with Gasteiger partial charge in [-0.15, -0.1) is 0 Å². The molecule has 0 saturated heterocycles. The smallest absolute Gasteiger partial charge is 0.203 e. The van der Waals surface area contributed by atoms with Crippen molar-refractivity contribution in [1.29, 1.82) is 0 Å². The lowest BCUT2D eigenvalue weighted by atomic mass is 10.1. The van der Waals surface area contributed by atoms with Gasteiger partial charge in [-0.3, -0.25) is 0 Å². The van der Waals surface area contributed by atoms with Crippen LogP contribution in [0.4, 0.5) is 10.2 Å². The second-order valence-corrected chi connectivity index (χ2v) is 6.53. The zero-order valence-electron chi connectivity index (χ0n) is 16.8. The van der Waals surface area contributed by atoms with E-state index in [0.29, 0.717) is 40.7 Å². The molecular formula is C22H21FN4O3. The number of nitrogens with one attached hydrogen (secondary N) is 1. The number of anilines is 1. The number of aromatic nitrogens is 3. The van der Waals surface area contributed by atoms with Gasteiger partial charge in [-0.2, -0.15) is 9.61 Å². The monoisotopic (exact) mass is 408 g/mol. The van der Waals surface area contributed by atoms with Gasteiger partial charge in [0, 0.05) is 24.2 Å². The Morgan fingerprint density at radius 3 is 2.40 bits per heavy atom. The minimum absolute atomic E-state index is 0.311. The van der Waals surface area contributed by atoms with Gasteiger partial charge in [-0.25, -0.2) is 9.37 Å². The molecule has 0 saturated carbocycles. The largest absolute Gasteiger partial charge is 0.493 e. The summed E-state index contributed by atoms with van der Waals surface area (Å²) in [4.78, 5) is 4.58. The third-order valence-corrected chi connectivity index (χ3v) is 4.68. The summed E-state index contributed by atoms with van der Waals surface area (Å²) < 4.78 is 31.6. The first-order chi connectivity index (χ1) is 14.6. The third-order valence-electron chi connectivity index (χ3n) is 4.68. The lowest BCUT2D eigenvalue weighted by Crippen LogP contribution is -2.07. The Kier molecular flexibility index (Phi) is 5.38. The Balaban J connectivity index is 1.68. The van der Waals surface area contributed by atoms with Crippen molar-refractivity contribution in [3.05, 3.63) is 66.1 Å². The Labute approximate surface area is 173 Å². The van der Waals surface area contributed by atoms with Gasteiger partial charge in [0.05, 0.1) is 33.2 Å². The van der Waals surface area contributed by atoms with Crippen molar-refractivity contribution in [3.8, 4) is 28.5 Å². The Morgan fingerprint density at radius 2 is 1.73 bits per heavy atom. The molecule has 0 aliphatic rings. The van der Waals surface area contributed by atoms with Gasteiger partial charge in [-0.1, -0.05) is 12.1 Å². The Morgan fingerprint density at radius 1 is 0.967 bits per heavy atom. The number of fused-ring (bicyclic) bond motifs is 1. The highest BCUT2D eigenvalue weighted by Gasteiger charge is 2.14. The van der Waals surface area contributed by atoms with Gasteiger partial charge < -0.3 is 19.5 Å². The van der Waals surface area contributed by atoms with Gasteiger partial charge in [0.25, 0.3) is 0 Å². The number of nitrogens with zero attached hydrogens (tertiary/aromatic N) is 3. The molecule has 2 aromatic carbocycles. The maximum absolute atomic E-state index is 13.7. The molecule has 2 heterocycles. The van der Waals surface area contributed by atoms with E-state index in [2.05, 4.69) is 15.4 Å². The van der Waals surface area contributed by atoms with Crippen LogP contribution in [-0.2, 0) is 6.54 Å². The van der Waals surface area contributed by atoms with E-state index in [0.717, 1.165) is 11.4 Å². The molecule has 0 fully saturated rings. The minimum Gasteiger partial charge on any atom is -0.493 e. The molecule has 30 heavy (non-hydrogen) atoms.